The van der Waals surface area contributed by atoms with Gasteiger partial charge in [0, 0.05) is 10.6 Å². The van der Waals surface area contributed by atoms with Gasteiger partial charge in [-0.2, -0.15) is 4.98 Å². The molecule has 3 aromatic rings. The maximum absolute atomic E-state index is 12.3. The van der Waals surface area contributed by atoms with Crippen LogP contribution in [0.5, 0.6) is 0 Å². The molecule has 0 spiro atoms. The highest BCUT2D eigenvalue weighted by atomic mass is 35.5. The fourth-order valence-electron chi connectivity index (χ4n) is 2.82. The Kier molecular flexibility index (Phi) is 4.14. The third-order valence-corrected chi connectivity index (χ3v) is 4.32. The first-order chi connectivity index (χ1) is 12.6. The zero-order valence-corrected chi connectivity index (χ0v) is 14.3. The standard InChI is InChI=1S/C18H14ClN5O2/c19-13-8-6-11(7-9-13)14-10-15(25)20-18-22-17(23-24(14)18)21-16(26)12-4-2-1-3-5-12/h1-9,14H,10H2,(H2,20,21,22,23,25,26)/t14-/m1/s1. The third-order valence-electron chi connectivity index (χ3n) is 4.07. The molecule has 0 fully saturated rings. The summed E-state index contributed by atoms with van der Waals surface area (Å²) >= 11 is 5.94. The Labute approximate surface area is 154 Å². The topological polar surface area (TPSA) is 88.9 Å². The monoisotopic (exact) mass is 367 g/mol. The number of fused-ring (bicyclic) bond motifs is 1. The molecule has 4 rings (SSSR count). The number of aromatic nitrogens is 3. The molecule has 1 aliphatic heterocycles. The van der Waals surface area contributed by atoms with Crippen molar-refractivity contribution in [2.45, 2.75) is 12.5 Å². The van der Waals surface area contributed by atoms with Crippen LogP contribution >= 0.6 is 11.6 Å². The molecule has 0 saturated carbocycles. The predicted octanol–water partition coefficient (Wildman–Crippen LogP) is 3.12. The van der Waals surface area contributed by atoms with Crippen LogP contribution in [-0.4, -0.2) is 26.6 Å². The van der Waals surface area contributed by atoms with Crippen molar-refractivity contribution in [3.05, 3.63) is 70.7 Å². The Hall–Kier alpha value is -3.19. The summed E-state index contributed by atoms with van der Waals surface area (Å²) in [5, 5.41) is 10.3. The van der Waals surface area contributed by atoms with Crippen molar-refractivity contribution in [2.75, 3.05) is 10.6 Å². The van der Waals surface area contributed by atoms with Gasteiger partial charge in [0.2, 0.25) is 11.9 Å². The minimum Gasteiger partial charge on any atom is -0.295 e. The van der Waals surface area contributed by atoms with E-state index in [1.807, 2.05) is 18.2 Å². The SMILES string of the molecule is O=C1C[C@H](c2ccc(Cl)cc2)n2nc(NC(=O)c3ccccc3)nc2N1. The molecule has 2 heterocycles. The minimum atomic E-state index is -0.317. The van der Waals surface area contributed by atoms with Crippen LogP contribution in [0.15, 0.2) is 54.6 Å². The lowest BCUT2D eigenvalue weighted by Gasteiger charge is -2.23. The summed E-state index contributed by atoms with van der Waals surface area (Å²) in [6, 6.07) is 15.7. The van der Waals surface area contributed by atoms with E-state index in [0.29, 0.717) is 16.5 Å². The van der Waals surface area contributed by atoms with E-state index < -0.39 is 0 Å². The molecule has 0 saturated heterocycles. The summed E-state index contributed by atoms with van der Waals surface area (Å²) in [6.45, 7) is 0. The molecule has 26 heavy (non-hydrogen) atoms. The molecule has 1 aromatic heterocycles. The molecule has 130 valence electrons. The number of hydrogen-bond donors (Lipinski definition) is 2. The smallest absolute Gasteiger partial charge is 0.258 e. The Bertz CT molecular complexity index is 969. The number of carbonyl (C=O) groups is 2. The molecule has 7 nitrogen and oxygen atoms in total. The maximum Gasteiger partial charge on any atom is 0.258 e. The highest BCUT2D eigenvalue weighted by Gasteiger charge is 2.29. The van der Waals surface area contributed by atoms with Crippen LogP contribution in [0.2, 0.25) is 5.02 Å². The molecular weight excluding hydrogens is 354 g/mol. The van der Waals surface area contributed by atoms with Crippen molar-refractivity contribution in [1.82, 2.24) is 14.8 Å². The molecule has 2 amide bonds. The van der Waals surface area contributed by atoms with E-state index in [4.69, 9.17) is 11.6 Å². The van der Waals surface area contributed by atoms with Gasteiger partial charge in [-0.3, -0.25) is 20.2 Å². The van der Waals surface area contributed by atoms with Gasteiger partial charge in [-0.1, -0.05) is 41.9 Å². The van der Waals surface area contributed by atoms with Crippen LogP contribution in [0, 0.1) is 0 Å². The largest absolute Gasteiger partial charge is 0.295 e. The molecule has 0 aliphatic carbocycles. The Morgan fingerprint density at radius 2 is 1.88 bits per heavy atom. The van der Waals surface area contributed by atoms with Crippen LogP contribution in [0.3, 0.4) is 0 Å². The number of halogens is 1. The lowest BCUT2D eigenvalue weighted by molar-refractivity contribution is -0.117. The van der Waals surface area contributed by atoms with Gasteiger partial charge in [0.05, 0.1) is 12.5 Å². The third kappa shape index (κ3) is 3.16. The van der Waals surface area contributed by atoms with Gasteiger partial charge in [-0.05, 0) is 29.8 Å². The Balaban J connectivity index is 1.63. The highest BCUT2D eigenvalue weighted by molar-refractivity contribution is 6.30. The number of anilines is 2. The fourth-order valence-corrected chi connectivity index (χ4v) is 2.95. The van der Waals surface area contributed by atoms with Crippen LogP contribution in [0.4, 0.5) is 11.9 Å². The van der Waals surface area contributed by atoms with Crippen LogP contribution in [-0.2, 0) is 4.79 Å². The molecule has 1 atom stereocenters. The van der Waals surface area contributed by atoms with Crippen molar-refractivity contribution < 1.29 is 9.59 Å². The van der Waals surface area contributed by atoms with Gasteiger partial charge >= 0.3 is 0 Å². The number of amides is 2. The van der Waals surface area contributed by atoms with Crippen molar-refractivity contribution in [3.8, 4) is 0 Å². The van der Waals surface area contributed by atoms with E-state index >= 15 is 0 Å². The average Bonchev–Trinajstić information content (AvgIpc) is 3.04. The van der Waals surface area contributed by atoms with Gasteiger partial charge in [0.25, 0.3) is 11.9 Å². The van der Waals surface area contributed by atoms with Crippen molar-refractivity contribution in [1.29, 1.82) is 0 Å². The first kappa shape index (κ1) is 16.3. The summed E-state index contributed by atoms with van der Waals surface area (Å²) in [7, 11) is 0. The quantitative estimate of drug-likeness (QED) is 0.744. The van der Waals surface area contributed by atoms with Gasteiger partial charge in [0.1, 0.15) is 0 Å². The number of nitrogens with zero attached hydrogens (tertiary/aromatic N) is 3. The molecule has 0 radical (unpaired) electrons. The highest BCUT2D eigenvalue weighted by Crippen LogP contribution is 2.30. The Morgan fingerprint density at radius 3 is 2.62 bits per heavy atom. The number of nitrogens with one attached hydrogen (secondary N) is 2. The second-order valence-corrected chi connectivity index (χ2v) is 6.28. The van der Waals surface area contributed by atoms with Crippen molar-refractivity contribution in [2.24, 2.45) is 0 Å². The minimum absolute atomic E-state index is 0.134. The van der Waals surface area contributed by atoms with E-state index in [0.717, 1.165) is 5.56 Å². The van der Waals surface area contributed by atoms with Crippen molar-refractivity contribution in [3.63, 3.8) is 0 Å². The first-order valence-electron chi connectivity index (χ1n) is 7.98. The lowest BCUT2D eigenvalue weighted by atomic mass is 10.0. The van der Waals surface area contributed by atoms with Gasteiger partial charge in [-0.15, -0.1) is 5.10 Å². The molecule has 8 heteroatoms. The Morgan fingerprint density at radius 1 is 1.15 bits per heavy atom. The molecular formula is C18H14ClN5O2. The summed E-state index contributed by atoms with van der Waals surface area (Å²) in [6.07, 6.45) is 0.226. The number of benzene rings is 2. The summed E-state index contributed by atoms with van der Waals surface area (Å²) in [4.78, 5) is 28.5. The number of carbonyl (C=O) groups excluding carboxylic acids is 2. The van der Waals surface area contributed by atoms with Crippen LogP contribution in [0.1, 0.15) is 28.4 Å². The van der Waals surface area contributed by atoms with E-state index in [9.17, 15) is 9.59 Å². The van der Waals surface area contributed by atoms with E-state index in [-0.39, 0.29) is 30.2 Å². The zero-order valence-electron chi connectivity index (χ0n) is 13.5. The van der Waals surface area contributed by atoms with E-state index in [1.54, 1.807) is 41.1 Å². The van der Waals surface area contributed by atoms with Gasteiger partial charge in [-0.25, -0.2) is 4.68 Å². The second-order valence-electron chi connectivity index (χ2n) is 5.84. The van der Waals surface area contributed by atoms with Crippen molar-refractivity contribution >= 4 is 35.3 Å². The molecule has 0 bridgehead atoms. The lowest BCUT2D eigenvalue weighted by Crippen LogP contribution is -2.29. The summed E-state index contributed by atoms with van der Waals surface area (Å²) < 4.78 is 1.60. The number of hydrogen-bond acceptors (Lipinski definition) is 4. The fraction of sp³-hybridized carbons (Fsp3) is 0.111. The van der Waals surface area contributed by atoms with E-state index in [1.165, 1.54) is 0 Å². The normalized spacial score (nSPS) is 15.9. The molecule has 1 aliphatic rings. The van der Waals surface area contributed by atoms with Crippen LogP contribution in [0.25, 0.3) is 0 Å². The maximum atomic E-state index is 12.3. The van der Waals surface area contributed by atoms with Gasteiger partial charge in [0.15, 0.2) is 0 Å². The first-order valence-corrected chi connectivity index (χ1v) is 8.36. The van der Waals surface area contributed by atoms with Crippen LogP contribution < -0.4 is 10.6 Å². The molecule has 0 unspecified atom stereocenters. The zero-order chi connectivity index (χ0) is 18.1. The second kappa shape index (κ2) is 6.61. The van der Waals surface area contributed by atoms with E-state index in [2.05, 4.69) is 20.7 Å². The van der Waals surface area contributed by atoms with Gasteiger partial charge < -0.3 is 0 Å². The predicted molar refractivity (Wildman–Crippen MR) is 97.3 cm³/mol. The molecule has 2 aromatic carbocycles. The average molecular weight is 368 g/mol. The summed E-state index contributed by atoms with van der Waals surface area (Å²) in [5.74, 6) is -0.0479. The molecule has 2 N–H and O–H groups in total. The number of rotatable bonds is 3. The summed E-state index contributed by atoms with van der Waals surface area (Å²) in [5.41, 5.74) is 1.38.